The fourth-order valence-corrected chi connectivity index (χ4v) is 1.78. The number of thiocyanates is 1. The van der Waals surface area contributed by atoms with Gasteiger partial charge in [0.2, 0.25) is 0 Å². The first kappa shape index (κ1) is 10.8. The lowest BCUT2D eigenvalue weighted by atomic mass is 9.86. The summed E-state index contributed by atoms with van der Waals surface area (Å²) in [6, 6.07) is 0. The van der Waals surface area contributed by atoms with E-state index < -0.39 is 0 Å². The van der Waals surface area contributed by atoms with E-state index in [0.29, 0.717) is 0 Å². The third kappa shape index (κ3) is 3.13. The molecule has 0 aliphatic carbocycles. The van der Waals surface area contributed by atoms with Crippen molar-refractivity contribution in [2.75, 3.05) is 12.4 Å². The van der Waals surface area contributed by atoms with E-state index in [4.69, 9.17) is 10.4 Å². The highest BCUT2D eigenvalue weighted by Gasteiger charge is 2.24. The van der Waals surface area contributed by atoms with E-state index in [1.54, 1.807) is 0 Å². The molecule has 0 aliphatic rings. The quantitative estimate of drug-likeness (QED) is 0.647. The van der Waals surface area contributed by atoms with Gasteiger partial charge >= 0.3 is 0 Å². The number of hydrogen-bond acceptors (Lipinski definition) is 3. The molecular formula is C8H15NOS. The maximum Gasteiger partial charge on any atom is 0.133 e. The molecule has 11 heavy (non-hydrogen) atoms. The van der Waals surface area contributed by atoms with E-state index >= 15 is 0 Å². The molecule has 0 aromatic rings. The zero-order chi connectivity index (χ0) is 8.74. The molecule has 3 heteroatoms. The monoisotopic (exact) mass is 173 g/mol. The van der Waals surface area contributed by atoms with Crippen molar-refractivity contribution < 1.29 is 5.11 Å². The standard InChI is InChI=1S/C8H15NOS/c1-3-8(4-2,5-10)6-11-7-9/h10H,3-6H2,1-2H3. The normalized spacial score (nSPS) is 11.1. The van der Waals surface area contributed by atoms with Gasteiger partial charge in [-0.05, 0) is 24.6 Å². The Morgan fingerprint density at radius 1 is 1.45 bits per heavy atom. The highest BCUT2D eigenvalue weighted by atomic mass is 32.2. The highest BCUT2D eigenvalue weighted by Crippen LogP contribution is 2.29. The highest BCUT2D eigenvalue weighted by molar-refractivity contribution is 8.03. The van der Waals surface area contributed by atoms with Gasteiger partial charge in [-0.3, -0.25) is 0 Å². The number of hydrogen-bond donors (Lipinski definition) is 1. The van der Waals surface area contributed by atoms with Crippen LogP contribution in [0.1, 0.15) is 26.7 Å². The molecule has 0 aliphatic heterocycles. The molecule has 0 spiro atoms. The number of nitriles is 1. The number of aliphatic hydroxyl groups excluding tert-OH is 1. The van der Waals surface area contributed by atoms with Crippen molar-refractivity contribution >= 4 is 11.8 Å². The minimum absolute atomic E-state index is 0.0274. The minimum atomic E-state index is -0.0274. The van der Waals surface area contributed by atoms with E-state index in [-0.39, 0.29) is 12.0 Å². The number of thioether (sulfide) groups is 1. The molecule has 0 amide bonds. The molecule has 1 N–H and O–H groups in total. The fourth-order valence-electron chi connectivity index (χ4n) is 0.909. The average Bonchev–Trinajstić information content (AvgIpc) is 2.08. The summed E-state index contributed by atoms with van der Waals surface area (Å²) in [5, 5.41) is 19.5. The van der Waals surface area contributed by atoms with Crippen molar-refractivity contribution in [2.24, 2.45) is 5.41 Å². The van der Waals surface area contributed by atoms with Crippen LogP contribution in [0.3, 0.4) is 0 Å². The summed E-state index contributed by atoms with van der Waals surface area (Å²) in [6.07, 6.45) is 1.88. The first-order valence-electron chi connectivity index (χ1n) is 3.86. The van der Waals surface area contributed by atoms with Gasteiger partial charge in [0.25, 0.3) is 0 Å². The Hall–Kier alpha value is -0.200. The molecule has 64 valence electrons. The van der Waals surface area contributed by atoms with Crippen LogP contribution < -0.4 is 0 Å². The van der Waals surface area contributed by atoms with Crippen LogP contribution in [0.5, 0.6) is 0 Å². The van der Waals surface area contributed by atoms with Crippen LogP contribution in [-0.2, 0) is 0 Å². The zero-order valence-corrected chi connectivity index (χ0v) is 7.95. The molecule has 0 saturated carbocycles. The van der Waals surface area contributed by atoms with Gasteiger partial charge in [0.15, 0.2) is 0 Å². The van der Waals surface area contributed by atoms with Crippen LogP contribution in [0.15, 0.2) is 0 Å². The van der Waals surface area contributed by atoms with E-state index in [1.165, 1.54) is 11.8 Å². The van der Waals surface area contributed by atoms with Crippen molar-refractivity contribution in [3.8, 4) is 5.40 Å². The van der Waals surface area contributed by atoms with Crippen molar-refractivity contribution in [1.82, 2.24) is 0 Å². The van der Waals surface area contributed by atoms with Crippen LogP contribution in [0.2, 0.25) is 0 Å². The molecule has 0 atom stereocenters. The van der Waals surface area contributed by atoms with Crippen LogP contribution in [0.25, 0.3) is 0 Å². The van der Waals surface area contributed by atoms with E-state index in [2.05, 4.69) is 13.8 Å². The summed E-state index contributed by atoms with van der Waals surface area (Å²) < 4.78 is 0. The Morgan fingerprint density at radius 2 is 2.00 bits per heavy atom. The van der Waals surface area contributed by atoms with Crippen LogP contribution in [0.4, 0.5) is 0 Å². The molecule has 0 aromatic heterocycles. The minimum Gasteiger partial charge on any atom is -0.396 e. The lowest BCUT2D eigenvalue weighted by Crippen LogP contribution is -2.26. The van der Waals surface area contributed by atoms with E-state index in [0.717, 1.165) is 18.6 Å². The average molecular weight is 173 g/mol. The van der Waals surface area contributed by atoms with Gasteiger partial charge in [-0.1, -0.05) is 13.8 Å². The molecule has 0 rings (SSSR count). The van der Waals surface area contributed by atoms with Crippen molar-refractivity contribution in [2.45, 2.75) is 26.7 Å². The summed E-state index contributed by atoms with van der Waals surface area (Å²) in [4.78, 5) is 0. The van der Waals surface area contributed by atoms with Gasteiger partial charge in [-0.2, -0.15) is 5.26 Å². The molecule has 0 saturated heterocycles. The molecule has 0 fully saturated rings. The molecule has 0 heterocycles. The maximum absolute atomic E-state index is 9.08. The molecule has 0 radical (unpaired) electrons. The summed E-state index contributed by atoms with van der Waals surface area (Å²) >= 11 is 1.23. The Labute approximate surface area is 72.6 Å². The van der Waals surface area contributed by atoms with Crippen LogP contribution >= 0.6 is 11.8 Å². The smallest absolute Gasteiger partial charge is 0.133 e. The number of nitrogens with zero attached hydrogens (tertiary/aromatic N) is 1. The summed E-state index contributed by atoms with van der Waals surface area (Å²) in [5.41, 5.74) is -0.0274. The molecular weight excluding hydrogens is 158 g/mol. The van der Waals surface area contributed by atoms with Crippen LogP contribution in [-0.4, -0.2) is 17.5 Å². The Balaban J connectivity index is 3.96. The second-order valence-electron chi connectivity index (χ2n) is 2.75. The first-order chi connectivity index (χ1) is 5.24. The third-order valence-electron chi connectivity index (χ3n) is 2.28. The Morgan fingerprint density at radius 3 is 2.27 bits per heavy atom. The lowest BCUT2D eigenvalue weighted by Gasteiger charge is -2.27. The van der Waals surface area contributed by atoms with E-state index in [1.807, 2.05) is 5.40 Å². The van der Waals surface area contributed by atoms with Gasteiger partial charge in [0, 0.05) is 17.8 Å². The Bertz CT molecular complexity index is 129. The van der Waals surface area contributed by atoms with Crippen molar-refractivity contribution in [3.05, 3.63) is 0 Å². The topological polar surface area (TPSA) is 44.0 Å². The van der Waals surface area contributed by atoms with Gasteiger partial charge in [0.1, 0.15) is 5.40 Å². The lowest BCUT2D eigenvalue weighted by molar-refractivity contribution is 0.138. The SMILES string of the molecule is CCC(CC)(CO)CSC#N. The number of aliphatic hydroxyl groups is 1. The van der Waals surface area contributed by atoms with Crippen molar-refractivity contribution in [1.29, 1.82) is 5.26 Å². The number of rotatable bonds is 5. The van der Waals surface area contributed by atoms with Gasteiger partial charge in [-0.15, -0.1) is 0 Å². The van der Waals surface area contributed by atoms with Gasteiger partial charge in [0.05, 0.1) is 0 Å². The maximum atomic E-state index is 9.08. The van der Waals surface area contributed by atoms with E-state index in [9.17, 15) is 0 Å². The molecule has 0 aromatic carbocycles. The second kappa shape index (κ2) is 5.45. The van der Waals surface area contributed by atoms with Crippen molar-refractivity contribution in [3.63, 3.8) is 0 Å². The van der Waals surface area contributed by atoms with Crippen LogP contribution in [0, 0.1) is 16.1 Å². The first-order valence-corrected chi connectivity index (χ1v) is 4.85. The van der Waals surface area contributed by atoms with Gasteiger partial charge in [-0.25, -0.2) is 0 Å². The predicted octanol–water partition coefficient (Wildman–Crippen LogP) is 2.00. The Kier molecular flexibility index (Phi) is 5.35. The molecule has 2 nitrogen and oxygen atoms in total. The largest absolute Gasteiger partial charge is 0.396 e. The summed E-state index contributed by atoms with van der Waals surface area (Å²) in [6.45, 7) is 4.30. The summed E-state index contributed by atoms with van der Waals surface area (Å²) in [7, 11) is 0. The molecule has 0 unspecified atom stereocenters. The predicted molar refractivity (Wildman–Crippen MR) is 48.2 cm³/mol. The van der Waals surface area contributed by atoms with Gasteiger partial charge < -0.3 is 5.11 Å². The third-order valence-corrected chi connectivity index (χ3v) is 3.16. The second-order valence-corrected chi connectivity index (χ2v) is 3.51. The fraction of sp³-hybridized carbons (Fsp3) is 0.875. The molecule has 0 bridgehead atoms. The summed E-state index contributed by atoms with van der Waals surface area (Å²) in [5.74, 6) is 0.743. The zero-order valence-electron chi connectivity index (χ0n) is 7.13.